The summed E-state index contributed by atoms with van der Waals surface area (Å²) in [5.41, 5.74) is -1.38. The fourth-order valence-electron chi connectivity index (χ4n) is 3.52. The normalized spacial score (nSPS) is 13.1. The fourth-order valence-corrected chi connectivity index (χ4v) is 4.11. The SMILES string of the molecule is CCOC(=O)C(C#N)(NC(C)=O)C(CC(=O)c1ccccc1)c1cc(OC)c(OC)cc1Br. The van der Waals surface area contributed by atoms with Crippen LogP contribution in [0.15, 0.2) is 46.9 Å². The van der Waals surface area contributed by atoms with Crippen LogP contribution in [0, 0.1) is 11.3 Å². The van der Waals surface area contributed by atoms with Gasteiger partial charge >= 0.3 is 5.97 Å². The van der Waals surface area contributed by atoms with Gasteiger partial charge in [-0.25, -0.2) is 4.79 Å². The van der Waals surface area contributed by atoms with Crippen molar-refractivity contribution in [3.05, 3.63) is 58.1 Å². The molecule has 2 aromatic carbocycles. The van der Waals surface area contributed by atoms with Crippen molar-refractivity contribution < 1.29 is 28.6 Å². The summed E-state index contributed by atoms with van der Waals surface area (Å²) < 4.78 is 16.3. The van der Waals surface area contributed by atoms with Gasteiger partial charge in [-0.05, 0) is 24.6 Å². The number of methoxy groups -OCH3 is 2. The van der Waals surface area contributed by atoms with Crippen LogP contribution in [-0.4, -0.2) is 44.0 Å². The van der Waals surface area contributed by atoms with Gasteiger partial charge in [0, 0.05) is 29.3 Å². The summed E-state index contributed by atoms with van der Waals surface area (Å²) >= 11 is 3.45. The topological polar surface area (TPSA) is 115 Å². The number of hydrogen-bond donors (Lipinski definition) is 1. The molecule has 33 heavy (non-hydrogen) atoms. The highest BCUT2D eigenvalue weighted by molar-refractivity contribution is 9.10. The van der Waals surface area contributed by atoms with Crippen molar-refractivity contribution >= 4 is 33.6 Å². The van der Waals surface area contributed by atoms with E-state index < -0.39 is 23.3 Å². The molecule has 0 bridgehead atoms. The summed E-state index contributed by atoms with van der Waals surface area (Å²) in [6.07, 6.45) is -0.273. The van der Waals surface area contributed by atoms with Gasteiger partial charge in [-0.3, -0.25) is 9.59 Å². The molecule has 2 rings (SSSR count). The van der Waals surface area contributed by atoms with Crippen LogP contribution in [0.3, 0.4) is 0 Å². The molecule has 1 N–H and O–H groups in total. The number of nitrogens with one attached hydrogen (secondary N) is 1. The molecule has 0 radical (unpaired) electrons. The van der Waals surface area contributed by atoms with Crippen molar-refractivity contribution in [3.8, 4) is 17.6 Å². The Hall–Kier alpha value is -3.38. The number of rotatable bonds is 10. The van der Waals surface area contributed by atoms with E-state index in [2.05, 4.69) is 21.2 Å². The second kappa shape index (κ2) is 11.5. The number of nitriles is 1. The van der Waals surface area contributed by atoms with E-state index in [1.165, 1.54) is 21.1 Å². The largest absolute Gasteiger partial charge is 0.493 e. The summed E-state index contributed by atoms with van der Waals surface area (Å²) in [5.74, 6) is -2.30. The van der Waals surface area contributed by atoms with Crippen molar-refractivity contribution in [2.75, 3.05) is 20.8 Å². The van der Waals surface area contributed by atoms with Gasteiger partial charge in [-0.15, -0.1) is 0 Å². The van der Waals surface area contributed by atoms with E-state index in [-0.39, 0.29) is 18.8 Å². The molecule has 0 saturated heterocycles. The molecule has 0 saturated carbocycles. The van der Waals surface area contributed by atoms with Crippen LogP contribution in [0.5, 0.6) is 11.5 Å². The minimum Gasteiger partial charge on any atom is -0.493 e. The van der Waals surface area contributed by atoms with Crippen molar-refractivity contribution in [2.24, 2.45) is 0 Å². The molecule has 0 aliphatic rings. The third kappa shape index (κ3) is 5.71. The van der Waals surface area contributed by atoms with Gasteiger partial charge in [0.25, 0.3) is 0 Å². The second-order valence-electron chi connectivity index (χ2n) is 7.10. The molecule has 2 atom stereocenters. The molecule has 0 aliphatic heterocycles. The highest BCUT2D eigenvalue weighted by atomic mass is 79.9. The highest BCUT2D eigenvalue weighted by Crippen LogP contribution is 2.42. The quantitative estimate of drug-likeness (QED) is 0.377. The first kappa shape index (κ1) is 25.9. The average Bonchev–Trinajstić information content (AvgIpc) is 2.81. The molecule has 2 aromatic rings. The molecule has 9 heteroatoms. The number of carbonyl (C=O) groups excluding carboxylic acids is 3. The van der Waals surface area contributed by atoms with E-state index in [1.54, 1.807) is 49.4 Å². The Balaban J connectivity index is 2.77. The molecule has 8 nitrogen and oxygen atoms in total. The van der Waals surface area contributed by atoms with Crippen LogP contribution in [0.2, 0.25) is 0 Å². The van der Waals surface area contributed by atoms with E-state index >= 15 is 0 Å². The molecular formula is C24H25BrN2O6. The maximum atomic E-state index is 13.2. The summed E-state index contributed by atoms with van der Waals surface area (Å²) in [6, 6.07) is 13.6. The minimum atomic E-state index is -2.17. The Morgan fingerprint density at radius 3 is 2.24 bits per heavy atom. The molecule has 0 heterocycles. The van der Waals surface area contributed by atoms with Crippen LogP contribution < -0.4 is 14.8 Å². The molecule has 0 aromatic heterocycles. The zero-order chi connectivity index (χ0) is 24.6. The highest BCUT2D eigenvalue weighted by Gasteiger charge is 2.51. The number of ether oxygens (including phenoxy) is 3. The lowest BCUT2D eigenvalue weighted by molar-refractivity contribution is -0.151. The Morgan fingerprint density at radius 2 is 1.73 bits per heavy atom. The summed E-state index contributed by atoms with van der Waals surface area (Å²) in [7, 11) is 2.91. The number of hydrogen-bond acceptors (Lipinski definition) is 7. The van der Waals surface area contributed by atoms with Gasteiger partial charge in [-0.2, -0.15) is 5.26 Å². The number of benzene rings is 2. The number of carbonyl (C=O) groups is 3. The molecule has 174 valence electrons. The Kier molecular flexibility index (Phi) is 9.00. The monoisotopic (exact) mass is 516 g/mol. The Bertz CT molecular complexity index is 1070. The molecule has 1 amide bonds. The van der Waals surface area contributed by atoms with Gasteiger partial charge < -0.3 is 19.5 Å². The number of ketones is 1. The maximum absolute atomic E-state index is 13.2. The van der Waals surface area contributed by atoms with Crippen LogP contribution in [0.25, 0.3) is 0 Å². The standard InChI is InChI=1S/C24H25BrN2O6/c1-5-33-23(30)24(14-26,27-15(2)28)18(12-20(29)16-9-7-6-8-10-16)17-11-21(31-3)22(32-4)13-19(17)25/h6-11,13,18H,5,12H2,1-4H3,(H,27,28). The lowest BCUT2D eigenvalue weighted by Gasteiger charge is -2.34. The van der Waals surface area contributed by atoms with Gasteiger partial charge in [0.2, 0.25) is 11.4 Å². The predicted molar refractivity (Wildman–Crippen MR) is 124 cm³/mol. The lowest BCUT2D eigenvalue weighted by atomic mass is 9.76. The average molecular weight is 517 g/mol. The summed E-state index contributed by atoms with van der Waals surface area (Å²) in [4.78, 5) is 38.4. The van der Waals surface area contributed by atoms with Gasteiger partial charge in [0.15, 0.2) is 17.3 Å². The molecule has 2 unspecified atom stereocenters. The van der Waals surface area contributed by atoms with Crippen molar-refractivity contribution in [1.82, 2.24) is 5.32 Å². The zero-order valence-corrected chi connectivity index (χ0v) is 20.4. The third-order valence-electron chi connectivity index (χ3n) is 5.03. The first-order chi connectivity index (χ1) is 15.7. The smallest absolute Gasteiger partial charge is 0.347 e. The maximum Gasteiger partial charge on any atom is 0.347 e. The number of Topliss-reactive ketones (excluding diaryl/α,β-unsaturated/α-hetero) is 1. The van der Waals surface area contributed by atoms with E-state index in [0.717, 1.165) is 0 Å². The van der Waals surface area contributed by atoms with Crippen molar-refractivity contribution in [1.29, 1.82) is 5.26 Å². The lowest BCUT2D eigenvalue weighted by Crippen LogP contribution is -2.58. The first-order valence-corrected chi connectivity index (χ1v) is 10.9. The van der Waals surface area contributed by atoms with Crippen LogP contribution in [0.1, 0.15) is 42.1 Å². The Labute approximate surface area is 201 Å². The molecular weight excluding hydrogens is 492 g/mol. The predicted octanol–water partition coefficient (Wildman–Crippen LogP) is 3.78. The zero-order valence-electron chi connectivity index (χ0n) is 18.8. The van der Waals surface area contributed by atoms with Crippen LogP contribution in [-0.2, 0) is 14.3 Å². The molecule has 0 fully saturated rings. The van der Waals surface area contributed by atoms with E-state index in [0.29, 0.717) is 27.1 Å². The van der Waals surface area contributed by atoms with Gasteiger partial charge in [0.1, 0.15) is 6.07 Å². The van der Waals surface area contributed by atoms with E-state index in [4.69, 9.17) is 14.2 Å². The minimum absolute atomic E-state index is 0.0195. The van der Waals surface area contributed by atoms with Crippen LogP contribution >= 0.6 is 15.9 Å². The van der Waals surface area contributed by atoms with E-state index in [9.17, 15) is 19.6 Å². The number of halogens is 1. The van der Waals surface area contributed by atoms with Gasteiger partial charge in [-0.1, -0.05) is 46.3 Å². The molecule has 0 spiro atoms. The second-order valence-corrected chi connectivity index (χ2v) is 7.95. The number of nitrogens with zero attached hydrogens (tertiary/aromatic N) is 1. The number of amides is 1. The first-order valence-electron chi connectivity index (χ1n) is 10.1. The van der Waals surface area contributed by atoms with Crippen molar-refractivity contribution in [2.45, 2.75) is 31.7 Å². The Morgan fingerprint density at radius 1 is 1.12 bits per heavy atom. The van der Waals surface area contributed by atoms with Gasteiger partial charge in [0.05, 0.1) is 20.8 Å². The summed E-state index contributed by atoms with van der Waals surface area (Å²) in [5, 5.41) is 12.7. The van der Waals surface area contributed by atoms with E-state index in [1.807, 2.05) is 6.07 Å². The third-order valence-corrected chi connectivity index (χ3v) is 5.72. The fraction of sp³-hybridized carbons (Fsp3) is 0.333. The molecule has 0 aliphatic carbocycles. The van der Waals surface area contributed by atoms with Crippen molar-refractivity contribution in [3.63, 3.8) is 0 Å². The summed E-state index contributed by atoms with van der Waals surface area (Å²) in [6.45, 7) is 2.75. The number of esters is 1. The van der Waals surface area contributed by atoms with Crippen LogP contribution in [0.4, 0.5) is 0 Å².